The molecule has 0 radical (unpaired) electrons. The third-order valence-electron chi connectivity index (χ3n) is 3.47. The number of carbonyl (C=O) groups excluding carboxylic acids is 1. The van der Waals surface area contributed by atoms with Gasteiger partial charge in [-0.3, -0.25) is 4.79 Å². The van der Waals surface area contributed by atoms with E-state index in [4.69, 9.17) is 11.6 Å². The second-order valence-corrected chi connectivity index (χ2v) is 7.59. The molecule has 24 heavy (non-hydrogen) atoms. The fraction of sp³-hybridized carbons (Fsp3) is 0.235. The Morgan fingerprint density at radius 2 is 1.83 bits per heavy atom. The molecule has 7 heteroatoms. The molecule has 2 aromatic rings. The van der Waals surface area contributed by atoms with Crippen LogP contribution in [0.25, 0.3) is 0 Å². The number of nitrogens with one attached hydrogen (secondary N) is 2. The van der Waals surface area contributed by atoms with Gasteiger partial charge in [-0.05, 0) is 49.2 Å². The predicted octanol–water partition coefficient (Wildman–Crippen LogP) is 3.51. The lowest BCUT2D eigenvalue weighted by molar-refractivity contribution is 0.102. The van der Waals surface area contributed by atoms with E-state index in [9.17, 15) is 13.2 Å². The van der Waals surface area contributed by atoms with Gasteiger partial charge in [0.15, 0.2) is 0 Å². The van der Waals surface area contributed by atoms with E-state index in [-0.39, 0.29) is 17.0 Å². The maximum atomic E-state index is 12.5. The predicted molar refractivity (Wildman–Crippen MR) is 96.2 cm³/mol. The Morgan fingerprint density at radius 3 is 2.46 bits per heavy atom. The number of hydrogen-bond acceptors (Lipinski definition) is 3. The largest absolute Gasteiger partial charge is 0.321 e. The van der Waals surface area contributed by atoms with Crippen LogP contribution in [0, 0.1) is 13.8 Å². The average Bonchev–Trinajstić information content (AvgIpc) is 2.50. The molecule has 1 amide bonds. The first-order valence-electron chi connectivity index (χ1n) is 7.42. The molecule has 0 fully saturated rings. The number of hydrogen-bond donors (Lipinski definition) is 2. The summed E-state index contributed by atoms with van der Waals surface area (Å²) >= 11 is 6.13. The summed E-state index contributed by atoms with van der Waals surface area (Å²) in [5, 5.41) is 3.15. The van der Waals surface area contributed by atoms with Crippen LogP contribution in [0.1, 0.15) is 28.4 Å². The van der Waals surface area contributed by atoms with Crippen molar-refractivity contribution in [2.75, 3.05) is 11.9 Å². The van der Waals surface area contributed by atoms with Crippen molar-refractivity contribution in [1.29, 1.82) is 0 Å². The lowest BCUT2D eigenvalue weighted by atomic mass is 10.1. The van der Waals surface area contributed by atoms with Crippen LogP contribution < -0.4 is 10.0 Å². The van der Waals surface area contributed by atoms with Crippen molar-refractivity contribution in [3.05, 3.63) is 58.1 Å². The molecule has 0 aliphatic heterocycles. The van der Waals surface area contributed by atoms with E-state index in [2.05, 4.69) is 10.0 Å². The molecule has 0 unspecified atom stereocenters. The van der Waals surface area contributed by atoms with Gasteiger partial charge >= 0.3 is 0 Å². The molecule has 2 aromatic carbocycles. The number of aryl methyl sites for hydroxylation is 2. The number of halogens is 1. The molecule has 0 spiro atoms. The van der Waals surface area contributed by atoms with Crippen molar-refractivity contribution in [3.63, 3.8) is 0 Å². The normalized spacial score (nSPS) is 11.3. The first-order chi connectivity index (χ1) is 11.2. The molecule has 0 atom stereocenters. The molecule has 0 saturated carbocycles. The Kier molecular flexibility index (Phi) is 5.64. The second kappa shape index (κ2) is 7.34. The van der Waals surface area contributed by atoms with Gasteiger partial charge < -0.3 is 5.32 Å². The third kappa shape index (κ3) is 4.14. The highest BCUT2D eigenvalue weighted by molar-refractivity contribution is 7.89. The molecule has 0 heterocycles. The Bertz CT molecular complexity index is 879. The SMILES string of the molecule is CCNS(=O)(=O)c1ccc(C)c(C(=O)Nc2ccc(C)cc2Cl)c1. The van der Waals surface area contributed by atoms with Crippen LogP contribution in [-0.4, -0.2) is 20.9 Å². The third-order valence-corrected chi connectivity index (χ3v) is 5.33. The van der Waals surface area contributed by atoms with Crippen LogP contribution >= 0.6 is 11.6 Å². The molecular weight excluding hydrogens is 348 g/mol. The topological polar surface area (TPSA) is 75.3 Å². The average molecular weight is 367 g/mol. The molecule has 128 valence electrons. The quantitative estimate of drug-likeness (QED) is 0.850. The standard InChI is InChI=1S/C17H19ClN2O3S/c1-4-19-24(22,23)13-7-6-12(3)14(10-13)17(21)20-16-8-5-11(2)9-15(16)18/h5-10,19H,4H2,1-3H3,(H,20,21). The van der Waals surface area contributed by atoms with Crippen molar-refractivity contribution >= 4 is 33.2 Å². The number of carbonyl (C=O) groups is 1. The molecule has 0 bridgehead atoms. The second-order valence-electron chi connectivity index (χ2n) is 5.42. The maximum Gasteiger partial charge on any atom is 0.256 e. The van der Waals surface area contributed by atoms with E-state index in [1.54, 1.807) is 32.0 Å². The first-order valence-corrected chi connectivity index (χ1v) is 9.28. The zero-order valence-corrected chi connectivity index (χ0v) is 15.3. The van der Waals surface area contributed by atoms with Crippen LogP contribution in [0.4, 0.5) is 5.69 Å². The van der Waals surface area contributed by atoms with Gasteiger partial charge in [0, 0.05) is 12.1 Å². The van der Waals surface area contributed by atoms with Crippen LogP contribution in [0.15, 0.2) is 41.3 Å². The lowest BCUT2D eigenvalue weighted by Crippen LogP contribution is -2.24. The summed E-state index contributed by atoms with van der Waals surface area (Å²) in [5.41, 5.74) is 2.41. The number of benzene rings is 2. The lowest BCUT2D eigenvalue weighted by Gasteiger charge is -2.12. The minimum Gasteiger partial charge on any atom is -0.321 e. The Labute approximate surface area is 147 Å². The minimum absolute atomic E-state index is 0.0510. The highest BCUT2D eigenvalue weighted by Crippen LogP contribution is 2.24. The summed E-state index contributed by atoms with van der Waals surface area (Å²) in [6.07, 6.45) is 0. The Hall–Kier alpha value is -1.89. The molecular formula is C17H19ClN2O3S. The molecule has 2 rings (SSSR count). The summed E-state index contributed by atoms with van der Waals surface area (Å²) in [5.74, 6) is -0.410. The Balaban J connectivity index is 2.35. The highest BCUT2D eigenvalue weighted by atomic mass is 35.5. The summed E-state index contributed by atoms with van der Waals surface area (Å²) in [6.45, 7) is 5.61. The van der Waals surface area contributed by atoms with Gasteiger partial charge in [-0.25, -0.2) is 13.1 Å². The van der Waals surface area contributed by atoms with Gasteiger partial charge in [-0.15, -0.1) is 0 Å². The van der Waals surface area contributed by atoms with Gasteiger partial charge in [0.1, 0.15) is 0 Å². The van der Waals surface area contributed by atoms with Crippen LogP contribution in [0.3, 0.4) is 0 Å². The molecule has 2 N–H and O–H groups in total. The van der Waals surface area contributed by atoms with Gasteiger partial charge in [0.25, 0.3) is 5.91 Å². The summed E-state index contributed by atoms with van der Waals surface area (Å²) < 4.78 is 26.6. The van der Waals surface area contributed by atoms with Crippen molar-refractivity contribution < 1.29 is 13.2 Å². The molecule has 0 saturated heterocycles. The van der Waals surface area contributed by atoms with E-state index < -0.39 is 15.9 Å². The van der Waals surface area contributed by atoms with Crippen LogP contribution in [0.2, 0.25) is 5.02 Å². The number of rotatable bonds is 5. The van der Waals surface area contributed by atoms with Gasteiger partial charge in [0.2, 0.25) is 10.0 Å². The smallest absolute Gasteiger partial charge is 0.256 e. The summed E-state index contributed by atoms with van der Waals surface area (Å²) in [4.78, 5) is 12.6. The van der Waals surface area contributed by atoms with E-state index in [0.29, 0.717) is 16.3 Å². The fourth-order valence-corrected chi connectivity index (χ4v) is 3.55. The maximum absolute atomic E-state index is 12.5. The molecule has 0 aromatic heterocycles. The summed E-state index contributed by atoms with van der Waals surface area (Å²) in [7, 11) is -3.63. The van der Waals surface area contributed by atoms with E-state index in [1.165, 1.54) is 12.1 Å². The number of anilines is 1. The molecule has 0 aliphatic rings. The fourth-order valence-electron chi connectivity index (χ4n) is 2.20. The zero-order chi connectivity index (χ0) is 17.9. The first kappa shape index (κ1) is 18.4. The molecule has 5 nitrogen and oxygen atoms in total. The minimum atomic E-state index is -3.63. The summed E-state index contributed by atoms with van der Waals surface area (Å²) in [6, 6.07) is 9.74. The Morgan fingerprint density at radius 1 is 1.12 bits per heavy atom. The monoisotopic (exact) mass is 366 g/mol. The van der Waals surface area contributed by atoms with E-state index in [0.717, 1.165) is 5.56 Å². The van der Waals surface area contributed by atoms with Crippen LogP contribution in [-0.2, 0) is 10.0 Å². The number of amides is 1. The molecule has 0 aliphatic carbocycles. The van der Waals surface area contributed by atoms with E-state index >= 15 is 0 Å². The van der Waals surface area contributed by atoms with Gasteiger partial charge in [-0.1, -0.05) is 30.7 Å². The van der Waals surface area contributed by atoms with Crippen molar-refractivity contribution in [3.8, 4) is 0 Å². The van der Waals surface area contributed by atoms with Crippen LogP contribution in [0.5, 0.6) is 0 Å². The van der Waals surface area contributed by atoms with Gasteiger partial charge in [0.05, 0.1) is 15.6 Å². The van der Waals surface area contributed by atoms with Crippen molar-refractivity contribution in [1.82, 2.24) is 4.72 Å². The van der Waals surface area contributed by atoms with Gasteiger partial charge in [-0.2, -0.15) is 0 Å². The van der Waals surface area contributed by atoms with E-state index in [1.807, 2.05) is 13.0 Å². The highest BCUT2D eigenvalue weighted by Gasteiger charge is 2.18. The van der Waals surface area contributed by atoms with Crippen molar-refractivity contribution in [2.45, 2.75) is 25.7 Å². The van der Waals surface area contributed by atoms with Crippen molar-refractivity contribution in [2.24, 2.45) is 0 Å². The number of sulfonamides is 1. The zero-order valence-electron chi connectivity index (χ0n) is 13.7.